The van der Waals surface area contributed by atoms with Crippen LogP contribution in [-0.4, -0.2) is 69.5 Å². The number of aromatic nitrogens is 4. The van der Waals surface area contributed by atoms with E-state index in [-0.39, 0.29) is 36.9 Å². The third-order valence-corrected chi connectivity index (χ3v) is 9.30. The molecular weight excluding hydrogens is 548 g/mol. The summed E-state index contributed by atoms with van der Waals surface area (Å²) in [6.45, 7) is 5.26. The normalized spacial score (nSPS) is 18.4. The molecular formula is C27H30F4N6O2S. The summed E-state index contributed by atoms with van der Waals surface area (Å²) in [4.78, 5) is 1.77. The number of halogens is 4. The van der Waals surface area contributed by atoms with Crippen molar-refractivity contribution in [3.05, 3.63) is 71.9 Å². The molecule has 1 aliphatic heterocycles. The molecule has 1 saturated heterocycles. The molecule has 1 aliphatic rings. The van der Waals surface area contributed by atoms with Crippen LogP contribution in [0.25, 0.3) is 16.6 Å². The highest BCUT2D eigenvalue weighted by Crippen LogP contribution is 2.36. The van der Waals surface area contributed by atoms with Gasteiger partial charge in [0, 0.05) is 50.3 Å². The molecule has 13 heteroatoms. The fraction of sp³-hybridized carbons (Fsp3) is 0.407. The quantitative estimate of drug-likeness (QED) is 0.291. The Kier molecular flexibility index (Phi) is 7.48. The lowest BCUT2D eigenvalue weighted by atomic mass is 9.95. The van der Waals surface area contributed by atoms with Crippen LogP contribution in [-0.2, 0) is 16.6 Å². The highest BCUT2D eigenvalue weighted by Gasteiger charge is 2.41. The minimum Gasteiger partial charge on any atom is -0.293 e. The van der Waals surface area contributed by atoms with Crippen LogP contribution < -0.4 is 0 Å². The summed E-state index contributed by atoms with van der Waals surface area (Å²) < 4.78 is 85.6. The average molecular weight is 579 g/mol. The van der Waals surface area contributed by atoms with Gasteiger partial charge in [0.2, 0.25) is 10.0 Å². The summed E-state index contributed by atoms with van der Waals surface area (Å²) in [6, 6.07) is 9.01. The first-order valence-electron chi connectivity index (χ1n) is 13.0. The molecule has 3 heterocycles. The Balaban J connectivity index is 1.53. The third-order valence-electron chi connectivity index (χ3n) is 7.48. The number of fused-ring (bicyclic) bond motifs is 1. The number of aryl methyl sites for hydroxylation is 2. The molecule has 0 bridgehead atoms. The smallest absolute Gasteiger partial charge is 0.293 e. The highest BCUT2D eigenvalue weighted by molar-refractivity contribution is 7.89. The largest absolute Gasteiger partial charge is 0.392 e. The number of hydrogen-bond acceptors (Lipinski definition) is 5. The van der Waals surface area contributed by atoms with E-state index >= 15 is 0 Å². The van der Waals surface area contributed by atoms with Gasteiger partial charge >= 0.3 is 6.18 Å². The molecule has 2 aromatic carbocycles. The van der Waals surface area contributed by atoms with Gasteiger partial charge in [-0.15, -0.1) is 0 Å². The van der Waals surface area contributed by atoms with Crippen molar-refractivity contribution in [1.82, 2.24) is 28.8 Å². The maximum atomic E-state index is 13.6. The maximum Gasteiger partial charge on any atom is 0.392 e. The van der Waals surface area contributed by atoms with Crippen LogP contribution in [0.1, 0.15) is 31.0 Å². The summed E-state index contributed by atoms with van der Waals surface area (Å²) in [6.07, 6.45) is 0.0231. The van der Waals surface area contributed by atoms with Crippen molar-refractivity contribution in [3.8, 4) is 5.69 Å². The number of nitrogens with zero attached hydrogens (tertiary/aromatic N) is 6. The predicted octanol–water partition coefficient (Wildman–Crippen LogP) is 4.94. The van der Waals surface area contributed by atoms with E-state index in [1.54, 1.807) is 27.9 Å². The zero-order valence-electron chi connectivity index (χ0n) is 22.3. The first kappa shape index (κ1) is 28.2. The van der Waals surface area contributed by atoms with Crippen molar-refractivity contribution in [2.75, 3.05) is 26.2 Å². The Bertz CT molecular complexity index is 1610. The number of rotatable bonds is 7. The molecule has 0 radical (unpaired) electrons. The number of sulfonamides is 1. The van der Waals surface area contributed by atoms with Gasteiger partial charge in [-0.25, -0.2) is 17.5 Å². The van der Waals surface area contributed by atoms with Crippen LogP contribution in [0.3, 0.4) is 0 Å². The summed E-state index contributed by atoms with van der Waals surface area (Å²) >= 11 is 0. The van der Waals surface area contributed by atoms with Crippen LogP contribution in [0.15, 0.2) is 59.9 Å². The molecule has 40 heavy (non-hydrogen) atoms. The fourth-order valence-electron chi connectivity index (χ4n) is 5.13. The second-order valence-electron chi connectivity index (χ2n) is 10.1. The van der Waals surface area contributed by atoms with E-state index < -0.39 is 28.2 Å². The minimum atomic E-state index is -4.38. The molecule has 1 fully saturated rings. The predicted molar refractivity (Wildman–Crippen MR) is 142 cm³/mol. The maximum absolute atomic E-state index is 13.6. The van der Waals surface area contributed by atoms with Crippen LogP contribution in [0, 0.1) is 18.7 Å². The lowest BCUT2D eigenvalue weighted by Gasteiger charge is -2.42. The van der Waals surface area contributed by atoms with Crippen molar-refractivity contribution < 1.29 is 26.0 Å². The molecule has 8 nitrogen and oxygen atoms in total. The van der Waals surface area contributed by atoms with Gasteiger partial charge in [0.1, 0.15) is 10.7 Å². The molecule has 2 atom stereocenters. The molecule has 1 unspecified atom stereocenters. The van der Waals surface area contributed by atoms with E-state index in [1.165, 1.54) is 33.5 Å². The monoisotopic (exact) mass is 578 g/mol. The van der Waals surface area contributed by atoms with Crippen LogP contribution in [0.4, 0.5) is 17.6 Å². The number of piperazine rings is 1. The SMILES string of the molecule is CCn1cc(S(=O)(=O)N2CCN(CC(C)C(F)(F)F)[C@@H](c3cc4cnn(-c5ccc(F)cc5)c4cc3C)C2)cn1. The van der Waals surface area contributed by atoms with Crippen molar-refractivity contribution in [2.24, 2.45) is 5.92 Å². The summed E-state index contributed by atoms with van der Waals surface area (Å²) in [5, 5.41) is 9.26. The summed E-state index contributed by atoms with van der Waals surface area (Å²) in [5.41, 5.74) is 2.91. The van der Waals surface area contributed by atoms with Crippen LogP contribution >= 0.6 is 0 Å². The first-order chi connectivity index (χ1) is 18.9. The molecule has 214 valence electrons. The van der Waals surface area contributed by atoms with Gasteiger partial charge in [0.05, 0.1) is 29.5 Å². The standard InChI is InChI=1S/C27H30F4N6O2S/c1-4-35-16-23(14-32-35)40(38,39)36-10-9-34(15-19(3)27(29,30)31)26(17-36)24-12-20-13-33-37(25(20)11-18(24)2)22-7-5-21(28)6-8-22/h5-8,11-14,16,19,26H,4,9-10,15,17H2,1-3H3/t19?,26-/m1/s1. The number of benzene rings is 2. The van der Waals surface area contributed by atoms with Crippen LogP contribution in [0.5, 0.6) is 0 Å². The Labute approximate surface area is 229 Å². The van der Waals surface area contributed by atoms with Crippen molar-refractivity contribution in [1.29, 1.82) is 0 Å². The fourth-order valence-corrected chi connectivity index (χ4v) is 6.52. The van der Waals surface area contributed by atoms with Gasteiger partial charge in [-0.1, -0.05) is 6.92 Å². The topological polar surface area (TPSA) is 76.3 Å². The van der Waals surface area contributed by atoms with E-state index in [0.29, 0.717) is 12.2 Å². The van der Waals surface area contributed by atoms with Gasteiger partial charge in [0.15, 0.2) is 0 Å². The van der Waals surface area contributed by atoms with Gasteiger partial charge in [0.25, 0.3) is 0 Å². The molecule has 0 spiro atoms. The lowest BCUT2D eigenvalue weighted by Crippen LogP contribution is -2.52. The molecule has 0 aliphatic carbocycles. The van der Waals surface area contributed by atoms with Crippen molar-refractivity contribution in [3.63, 3.8) is 0 Å². The minimum absolute atomic E-state index is 0.0112. The van der Waals surface area contributed by atoms with Crippen molar-refractivity contribution >= 4 is 20.9 Å². The van der Waals surface area contributed by atoms with Gasteiger partial charge in [-0.05, 0) is 61.4 Å². The Morgan fingerprint density at radius 3 is 2.45 bits per heavy atom. The zero-order chi connectivity index (χ0) is 28.8. The Morgan fingerprint density at radius 1 is 1.07 bits per heavy atom. The molecule has 0 saturated carbocycles. The second-order valence-corrected chi connectivity index (χ2v) is 12.1. The first-order valence-corrected chi connectivity index (χ1v) is 14.4. The average Bonchev–Trinajstić information content (AvgIpc) is 3.56. The molecule has 4 aromatic rings. The second kappa shape index (κ2) is 10.6. The molecule has 5 rings (SSSR count). The highest BCUT2D eigenvalue weighted by atomic mass is 32.2. The van der Waals surface area contributed by atoms with E-state index in [9.17, 15) is 26.0 Å². The van der Waals surface area contributed by atoms with Crippen molar-refractivity contribution in [2.45, 2.75) is 44.4 Å². The van der Waals surface area contributed by atoms with E-state index in [0.717, 1.165) is 29.0 Å². The van der Waals surface area contributed by atoms with Gasteiger partial charge < -0.3 is 0 Å². The van der Waals surface area contributed by atoms with E-state index in [4.69, 9.17) is 0 Å². The van der Waals surface area contributed by atoms with E-state index in [1.807, 2.05) is 26.0 Å². The summed E-state index contributed by atoms with van der Waals surface area (Å²) in [7, 11) is -3.91. The molecule has 0 amide bonds. The summed E-state index contributed by atoms with van der Waals surface area (Å²) in [5.74, 6) is -1.96. The van der Waals surface area contributed by atoms with Gasteiger partial charge in [-0.3, -0.25) is 9.58 Å². The lowest BCUT2D eigenvalue weighted by molar-refractivity contribution is -0.176. The zero-order valence-corrected chi connectivity index (χ0v) is 23.1. The van der Waals surface area contributed by atoms with Gasteiger partial charge in [-0.2, -0.15) is 27.7 Å². The number of hydrogen-bond donors (Lipinski definition) is 0. The Hall–Kier alpha value is -3.29. The third kappa shape index (κ3) is 5.37. The molecule has 0 N–H and O–H groups in total. The molecule has 2 aromatic heterocycles. The number of alkyl halides is 3. The van der Waals surface area contributed by atoms with E-state index in [2.05, 4.69) is 10.2 Å². The van der Waals surface area contributed by atoms with Crippen LogP contribution in [0.2, 0.25) is 0 Å². The Morgan fingerprint density at radius 2 is 1.80 bits per heavy atom.